The minimum Gasteiger partial charge on any atom is -0.870 e. The van der Waals surface area contributed by atoms with Crippen molar-refractivity contribution in [3.63, 3.8) is 0 Å². The first kappa shape index (κ1) is 16.9. The molecule has 0 aromatic heterocycles. The quantitative estimate of drug-likeness (QED) is 0.321. The van der Waals surface area contributed by atoms with Crippen LogP contribution in [0.3, 0.4) is 0 Å². The predicted octanol–water partition coefficient (Wildman–Crippen LogP) is -2.99. The van der Waals surface area contributed by atoms with Crippen LogP contribution in [-0.4, -0.2) is 43.8 Å². The molecule has 2 radical (unpaired) electrons. The molecule has 0 spiro atoms. The molecule has 30 valence electrons. The first-order chi connectivity index (χ1) is 1.41. The molecule has 0 rings (SSSR count). The van der Waals surface area contributed by atoms with Gasteiger partial charge in [-0.3, -0.25) is 0 Å². The summed E-state index contributed by atoms with van der Waals surface area (Å²) in [4.78, 5) is 0. The van der Waals surface area contributed by atoms with E-state index in [2.05, 4.69) is 4.12 Å². The Kier molecular flexibility index (Phi) is 70.0. The molecule has 0 aromatic carbocycles. The van der Waals surface area contributed by atoms with Gasteiger partial charge in [0.15, 0.2) is 0 Å². The average molecular weight is 122 g/mol. The third-order valence-electron chi connectivity index (χ3n) is 0. The number of rotatable bonds is 0. The van der Waals surface area contributed by atoms with Gasteiger partial charge < -0.3 is 9.59 Å². The summed E-state index contributed by atoms with van der Waals surface area (Å²) in [7, 11) is 1.86. The van der Waals surface area contributed by atoms with E-state index in [1.165, 1.54) is 0 Å². The van der Waals surface area contributed by atoms with Crippen LogP contribution in [0.25, 0.3) is 0 Å². The molecule has 0 aromatic rings. The van der Waals surface area contributed by atoms with Crippen molar-refractivity contribution in [3.05, 3.63) is 0 Å². The molecule has 0 atom stereocenters. The molecular formula is H7AlO2Si2. The maximum atomic E-state index is 4.53. The van der Waals surface area contributed by atoms with E-state index >= 15 is 0 Å². The van der Waals surface area contributed by atoms with Crippen molar-refractivity contribution in [2.45, 2.75) is 0 Å². The standard InChI is InChI=1S/Al.H6OSi2.H2O/c;2-1-3;/h;2-3H3;1H2/q+1;;/p-1. The third-order valence-corrected chi connectivity index (χ3v) is 0. The summed E-state index contributed by atoms with van der Waals surface area (Å²) >= 11 is 0. The average Bonchev–Trinajstić information content (AvgIpc) is 0.918. The Hall–Kier alpha value is 0.886. The topological polar surface area (TPSA) is 39.2 Å². The van der Waals surface area contributed by atoms with Crippen molar-refractivity contribution in [1.29, 1.82) is 0 Å². The van der Waals surface area contributed by atoms with Crippen LogP contribution in [0.2, 0.25) is 0 Å². The first-order valence-electron chi connectivity index (χ1n) is 0.816. The van der Waals surface area contributed by atoms with Crippen LogP contribution in [0.1, 0.15) is 0 Å². The second-order valence-corrected chi connectivity index (χ2v) is 3.67. The molecule has 0 bridgehead atoms. The van der Waals surface area contributed by atoms with Crippen molar-refractivity contribution in [2.75, 3.05) is 0 Å². The van der Waals surface area contributed by atoms with E-state index in [0.29, 0.717) is 0 Å². The fourth-order valence-corrected chi connectivity index (χ4v) is 0. The molecule has 0 unspecified atom stereocenters. The fraction of sp³-hybridized carbons (Fsp3) is 0. The van der Waals surface area contributed by atoms with Crippen molar-refractivity contribution >= 4 is 38.3 Å². The van der Waals surface area contributed by atoms with Crippen LogP contribution in [0.4, 0.5) is 0 Å². The second kappa shape index (κ2) is 20.7. The van der Waals surface area contributed by atoms with E-state index in [1.807, 2.05) is 0 Å². The van der Waals surface area contributed by atoms with Gasteiger partial charge in [-0.1, -0.05) is 0 Å². The monoisotopic (exact) mass is 122 g/mol. The van der Waals surface area contributed by atoms with Crippen molar-refractivity contribution in [2.24, 2.45) is 0 Å². The van der Waals surface area contributed by atoms with E-state index in [9.17, 15) is 0 Å². The number of hydrogen-bond donors (Lipinski definition) is 0. The van der Waals surface area contributed by atoms with Crippen molar-refractivity contribution in [1.82, 2.24) is 0 Å². The molecule has 2 nitrogen and oxygen atoms in total. The minimum absolute atomic E-state index is 0. The summed E-state index contributed by atoms with van der Waals surface area (Å²) in [5.74, 6) is 0. The zero-order valence-electron chi connectivity index (χ0n) is 3.43. The van der Waals surface area contributed by atoms with Crippen LogP contribution in [0, 0.1) is 0 Å². The summed E-state index contributed by atoms with van der Waals surface area (Å²) in [5.41, 5.74) is 0. The van der Waals surface area contributed by atoms with Crippen LogP contribution >= 0.6 is 0 Å². The van der Waals surface area contributed by atoms with Gasteiger partial charge in [-0.15, -0.1) is 0 Å². The molecule has 0 heterocycles. The predicted molar refractivity (Wildman–Crippen MR) is 28.7 cm³/mol. The molecule has 0 aliphatic carbocycles. The molecular weight excluding hydrogens is 115 g/mol. The Morgan fingerprint density at radius 1 is 1.20 bits per heavy atom. The molecule has 0 saturated carbocycles. The zero-order chi connectivity index (χ0) is 2.71. The van der Waals surface area contributed by atoms with Crippen molar-refractivity contribution in [3.8, 4) is 0 Å². The molecule has 1 N–H and O–H groups in total. The van der Waals surface area contributed by atoms with Gasteiger partial charge in [0.05, 0.1) is 0 Å². The largest absolute Gasteiger partial charge is 1.00 e. The fourth-order valence-electron chi connectivity index (χ4n) is 0. The SMILES string of the molecule is [Al+].[OH-].[SiH3]O[SiH3]. The molecule has 0 aliphatic rings. The van der Waals surface area contributed by atoms with E-state index in [-0.39, 0.29) is 22.8 Å². The van der Waals surface area contributed by atoms with Gasteiger partial charge in [0, 0.05) is 0 Å². The summed E-state index contributed by atoms with van der Waals surface area (Å²) in [6, 6.07) is 0. The van der Waals surface area contributed by atoms with E-state index < -0.39 is 0 Å². The van der Waals surface area contributed by atoms with E-state index in [4.69, 9.17) is 0 Å². The summed E-state index contributed by atoms with van der Waals surface area (Å²) in [6.45, 7) is 0. The van der Waals surface area contributed by atoms with Crippen LogP contribution in [0.5, 0.6) is 0 Å². The molecule has 0 fully saturated rings. The molecule has 5 heteroatoms. The van der Waals surface area contributed by atoms with E-state index in [1.54, 1.807) is 0 Å². The first-order valence-corrected chi connectivity index (χ1v) is 2.45. The maximum Gasteiger partial charge on any atom is 1.00 e. The normalized spacial score (nSPS) is 4.80. The summed E-state index contributed by atoms with van der Waals surface area (Å²) in [6.07, 6.45) is 0. The van der Waals surface area contributed by atoms with Crippen LogP contribution in [0.15, 0.2) is 0 Å². The third kappa shape index (κ3) is 51.8. The van der Waals surface area contributed by atoms with Crippen molar-refractivity contribution < 1.29 is 9.59 Å². The van der Waals surface area contributed by atoms with Gasteiger partial charge in [0.1, 0.15) is 21.0 Å². The molecule has 0 amide bonds. The van der Waals surface area contributed by atoms with Gasteiger partial charge in [-0.25, -0.2) is 0 Å². The molecule has 0 saturated heterocycles. The number of hydrogen-bond acceptors (Lipinski definition) is 2. The molecule has 0 aliphatic heterocycles. The summed E-state index contributed by atoms with van der Waals surface area (Å²) < 4.78 is 4.53. The minimum atomic E-state index is 0. The van der Waals surface area contributed by atoms with Crippen LogP contribution < -0.4 is 0 Å². The molecule has 5 heavy (non-hydrogen) atoms. The smallest absolute Gasteiger partial charge is 0.870 e. The Morgan fingerprint density at radius 2 is 1.20 bits per heavy atom. The van der Waals surface area contributed by atoms with Gasteiger partial charge in [0.25, 0.3) is 0 Å². The Bertz CT molecular complexity index is 7.61. The van der Waals surface area contributed by atoms with Gasteiger partial charge >= 0.3 is 17.4 Å². The Morgan fingerprint density at radius 3 is 1.20 bits per heavy atom. The zero-order valence-corrected chi connectivity index (χ0v) is 8.59. The Balaban J connectivity index is -0.0000000200. The Labute approximate surface area is 48.4 Å². The second-order valence-electron chi connectivity index (χ2n) is 0.408. The van der Waals surface area contributed by atoms with Gasteiger partial charge in [0.2, 0.25) is 0 Å². The van der Waals surface area contributed by atoms with E-state index in [0.717, 1.165) is 21.0 Å². The summed E-state index contributed by atoms with van der Waals surface area (Å²) in [5, 5.41) is 0. The van der Waals surface area contributed by atoms with Gasteiger partial charge in [-0.2, -0.15) is 0 Å². The maximum absolute atomic E-state index is 4.53. The van der Waals surface area contributed by atoms with Crippen LogP contribution in [-0.2, 0) is 4.12 Å². The van der Waals surface area contributed by atoms with Gasteiger partial charge in [-0.05, 0) is 0 Å².